The fourth-order valence-electron chi connectivity index (χ4n) is 2.06. The standard InChI is InChI=1S/C12H10O4/c13-9-6-7-11(8-4-2-1-3-5-8)12(15,16-11)10(9)14/h1-7,13-15H. The maximum Gasteiger partial charge on any atom is 0.268 e. The predicted molar refractivity (Wildman–Crippen MR) is 55.6 cm³/mol. The van der Waals surface area contributed by atoms with Gasteiger partial charge in [0.2, 0.25) is 0 Å². The van der Waals surface area contributed by atoms with Crippen molar-refractivity contribution in [3.05, 3.63) is 59.6 Å². The van der Waals surface area contributed by atoms with E-state index < -0.39 is 17.1 Å². The molecule has 0 saturated carbocycles. The molecule has 1 saturated heterocycles. The molecule has 2 atom stereocenters. The van der Waals surface area contributed by atoms with Crippen molar-refractivity contribution in [2.75, 3.05) is 0 Å². The highest BCUT2D eigenvalue weighted by Crippen LogP contribution is 2.60. The molecule has 4 heteroatoms. The summed E-state index contributed by atoms with van der Waals surface area (Å²) in [5.74, 6) is -2.74. The molecule has 82 valence electrons. The van der Waals surface area contributed by atoms with Crippen molar-refractivity contribution in [1.82, 2.24) is 0 Å². The molecular weight excluding hydrogens is 208 g/mol. The zero-order chi connectivity index (χ0) is 11.4. The zero-order valence-corrected chi connectivity index (χ0v) is 8.29. The van der Waals surface area contributed by atoms with Gasteiger partial charge in [-0.1, -0.05) is 30.3 Å². The average molecular weight is 218 g/mol. The lowest BCUT2D eigenvalue weighted by atomic mass is 9.88. The van der Waals surface area contributed by atoms with Gasteiger partial charge in [0.05, 0.1) is 0 Å². The second-order valence-electron chi connectivity index (χ2n) is 3.91. The van der Waals surface area contributed by atoms with Crippen LogP contribution in [0.3, 0.4) is 0 Å². The quantitative estimate of drug-likeness (QED) is 0.624. The van der Waals surface area contributed by atoms with Crippen molar-refractivity contribution in [3.8, 4) is 0 Å². The van der Waals surface area contributed by atoms with Gasteiger partial charge in [0.25, 0.3) is 5.79 Å². The molecule has 3 N–H and O–H groups in total. The number of allylic oxidation sites excluding steroid dienone is 1. The highest BCUT2D eigenvalue weighted by molar-refractivity contribution is 5.48. The van der Waals surface area contributed by atoms with Crippen LogP contribution in [0.25, 0.3) is 0 Å². The van der Waals surface area contributed by atoms with Gasteiger partial charge in [-0.25, -0.2) is 0 Å². The van der Waals surface area contributed by atoms with Gasteiger partial charge >= 0.3 is 0 Å². The molecule has 2 unspecified atom stereocenters. The van der Waals surface area contributed by atoms with Crippen LogP contribution in [0.5, 0.6) is 0 Å². The monoisotopic (exact) mass is 218 g/mol. The van der Waals surface area contributed by atoms with Crippen molar-refractivity contribution in [1.29, 1.82) is 0 Å². The molecule has 1 heterocycles. The van der Waals surface area contributed by atoms with Crippen molar-refractivity contribution in [3.63, 3.8) is 0 Å². The third kappa shape index (κ3) is 0.905. The van der Waals surface area contributed by atoms with E-state index >= 15 is 0 Å². The van der Waals surface area contributed by atoms with Crippen molar-refractivity contribution in [2.24, 2.45) is 0 Å². The van der Waals surface area contributed by atoms with Crippen LogP contribution in [0.2, 0.25) is 0 Å². The lowest BCUT2D eigenvalue weighted by molar-refractivity contribution is 0.0260. The summed E-state index contributed by atoms with van der Waals surface area (Å²) in [7, 11) is 0. The first-order valence-corrected chi connectivity index (χ1v) is 4.90. The number of aliphatic hydroxyl groups excluding tert-OH is 2. The van der Waals surface area contributed by atoms with Gasteiger partial charge in [0, 0.05) is 0 Å². The number of rotatable bonds is 1. The third-order valence-corrected chi connectivity index (χ3v) is 3.01. The normalized spacial score (nSPS) is 36.1. The van der Waals surface area contributed by atoms with E-state index in [1.165, 1.54) is 12.2 Å². The molecule has 0 aromatic heterocycles. The Labute approximate surface area is 91.7 Å². The molecule has 1 aliphatic heterocycles. The lowest BCUT2D eigenvalue weighted by Gasteiger charge is -2.16. The number of hydrogen-bond donors (Lipinski definition) is 3. The molecular formula is C12H10O4. The summed E-state index contributed by atoms with van der Waals surface area (Å²) in [5.41, 5.74) is -0.335. The molecule has 1 fully saturated rings. The Morgan fingerprint density at radius 2 is 1.75 bits per heavy atom. The third-order valence-electron chi connectivity index (χ3n) is 3.01. The van der Waals surface area contributed by atoms with Crippen LogP contribution in [0.15, 0.2) is 54.0 Å². The Kier molecular flexibility index (Phi) is 1.57. The molecule has 16 heavy (non-hydrogen) atoms. The maximum absolute atomic E-state index is 10.1. The molecule has 1 aromatic carbocycles. The molecule has 1 aliphatic carbocycles. The molecule has 0 spiro atoms. The highest BCUT2D eigenvalue weighted by Gasteiger charge is 2.74. The van der Waals surface area contributed by atoms with E-state index in [1.54, 1.807) is 12.1 Å². The summed E-state index contributed by atoms with van der Waals surface area (Å²) in [6.07, 6.45) is 2.86. The summed E-state index contributed by atoms with van der Waals surface area (Å²) >= 11 is 0. The fourth-order valence-corrected chi connectivity index (χ4v) is 2.06. The van der Waals surface area contributed by atoms with Gasteiger partial charge < -0.3 is 20.1 Å². The molecule has 0 bridgehead atoms. The zero-order valence-electron chi connectivity index (χ0n) is 8.29. The van der Waals surface area contributed by atoms with E-state index in [0.717, 1.165) is 5.56 Å². The van der Waals surface area contributed by atoms with Gasteiger partial charge in [-0.15, -0.1) is 0 Å². The summed E-state index contributed by atoms with van der Waals surface area (Å²) in [5, 5.41) is 28.9. The largest absolute Gasteiger partial charge is 0.504 e. The molecule has 0 radical (unpaired) electrons. The SMILES string of the molecule is OC1=C(O)C2(O)OC2(c2ccccc2)C=C1. The minimum atomic E-state index is -1.83. The van der Waals surface area contributed by atoms with Gasteiger partial charge in [-0.05, 0) is 17.7 Å². The molecule has 1 aromatic rings. The van der Waals surface area contributed by atoms with Crippen LogP contribution < -0.4 is 0 Å². The number of hydrogen-bond acceptors (Lipinski definition) is 4. The Bertz CT molecular complexity index is 505. The Morgan fingerprint density at radius 3 is 2.44 bits per heavy atom. The van der Waals surface area contributed by atoms with E-state index in [1.807, 2.05) is 18.2 Å². The first kappa shape index (κ1) is 9.45. The van der Waals surface area contributed by atoms with Crippen LogP contribution >= 0.6 is 0 Å². The lowest BCUT2D eigenvalue weighted by Crippen LogP contribution is -2.28. The van der Waals surface area contributed by atoms with Gasteiger partial charge in [-0.3, -0.25) is 0 Å². The summed E-state index contributed by atoms with van der Waals surface area (Å²) in [6, 6.07) is 9.06. The first-order valence-electron chi connectivity index (χ1n) is 4.90. The van der Waals surface area contributed by atoms with Crippen LogP contribution in [0.4, 0.5) is 0 Å². The van der Waals surface area contributed by atoms with E-state index in [0.29, 0.717) is 0 Å². The first-order chi connectivity index (χ1) is 7.60. The minimum absolute atomic E-state index is 0.369. The molecule has 3 rings (SSSR count). The number of aliphatic hydroxyl groups is 3. The number of epoxide rings is 1. The summed E-state index contributed by atoms with van der Waals surface area (Å²) in [4.78, 5) is 0. The van der Waals surface area contributed by atoms with Gasteiger partial charge in [0.1, 0.15) is 0 Å². The van der Waals surface area contributed by atoms with Crippen LogP contribution in [0.1, 0.15) is 5.56 Å². The van der Waals surface area contributed by atoms with Crippen molar-refractivity contribution < 1.29 is 20.1 Å². The fraction of sp³-hybridized carbons (Fsp3) is 0.167. The summed E-state index contributed by atoms with van der Waals surface area (Å²) in [6.45, 7) is 0. The Hall–Kier alpha value is -1.78. The molecule has 0 amide bonds. The van der Waals surface area contributed by atoms with Crippen molar-refractivity contribution in [2.45, 2.75) is 11.4 Å². The molecule has 2 aliphatic rings. The van der Waals surface area contributed by atoms with Gasteiger partial charge in [-0.2, -0.15) is 0 Å². The number of benzene rings is 1. The topological polar surface area (TPSA) is 73.2 Å². The van der Waals surface area contributed by atoms with Crippen LogP contribution in [-0.4, -0.2) is 21.1 Å². The van der Waals surface area contributed by atoms with Gasteiger partial charge in [0.15, 0.2) is 17.1 Å². The average Bonchev–Trinajstić information content (AvgIpc) is 2.95. The second kappa shape index (κ2) is 2.66. The van der Waals surface area contributed by atoms with Crippen LogP contribution in [0, 0.1) is 0 Å². The van der Waals surface area contributed by atoms with Crippen molar-refractivity contribution >= 4 is 0 Å². The van der Waals surface area contributed by atoms with E-state index in [4.69, 9.17) is 4.74 Å². The van der Waals surface area contributed by atoms with E-state index in [9.17, 15) is 15.3 Å². The number of fused-ring (bicyclic) bond motifs is 1. The number of ether oxygens (including phenoxy) is 1. The van der Waals surface area contributed by atoms with E-state index in [-0.39, 0.29) is 5.76 Å². The highest BCUT2D eigenvalue weighted by atomic mass is 16.8. The second-order valence-corrected chi connectivity index (χ2v) is 3.91. The minimum Gasteiger partial charge on any atom is -0.504 e. The maximum atomic E-state index is 10.1. The smallest absolute Gasteiger partial charge is 0.268 e. The Balaban J connectivity index is 2.11. The Morgan fingerprint density at radius 1 is 1.06 bits per heavy atom. The van der Waals surface area contributed by atoms with Crippen LogP contribution in [-0.2, 0) is 10.3 Å². The predicted octanol–water partition coefficient (Wildman–Crippen LogP) is 1.50. The van der Waals surface area contributed by atoms with E-state index in [2.05, 4.69) is 0 Å². The summed E-state index contributed by atoms with van der Waals surface area (Å²) < 4.78 is 5.22. The molecule has 4 nitrogen and oxygen atoms in total.